The predicted molar refractivity (Wildman–Crippen MR) is 43.1 cm³/mol. The van der Waals surface area contributed by atoms with E-state index in [9.17, 15) is 0 Å². The van der Waals surface area contributed by atoms with E-state index in [4.69, 9.17) is 4.74 Å². The van der Waals surface area contributed by atoms with E-state index in [2.05, 4.69) is 17.0 Å². The normalized spacial score (nSPS) is 9.08. The highest BCUT2D eigenvalue weighted by molar-refractivity contribution is 4.83. The van der Waals surface area contributed by atoms with E-state index in [1.807, 2.05) is 18.2 Å². The van der Waals surface area contributed by atoms with E-state index in [0.29, 0.717) is 0 Å². The minimum absolute atomic E-state index is 0. The van der Waals surface area contributed by atoms with Crippen molar-refractivity contribution >= 4 is 0 Å². The third-order valence-corrected chi connectivity index (χ3v) is 1.54. The van der Waals surface area contributed by atoms with Crippen LogP contribution in [-0.4, -0.2) is 13.7 Å². The molecule has 0 N–H and O–H groups in total. The predicted octanol–water partition coefficient (Wildman–Crippen LogP) is -1.99. The Morgan fingerprint density at radius 1 is 1.17 bits per heavy atom. The van der Waals surface area contributed by atoms with Crippen molar-refractivity contribution in [1.29, 1.82) is 0 Å². The van der Waals surface area contributed by atoms with Crippen LogP contribution in [0.1, 0.15) is 6.42 Å². The second-order valence-corrected chi connectivity index (χ2v) is 2.46. The smallest absolute Gasteiger partial charge is 0.168 e. The monoisotopic (exact) mass is 187 g/mol. The van der Waals surface area contributed by atoms with Gasteiger partial charge in [0.05, 0.1) is 6.61 Å². The summed E-state index contributed by atoms with van der Waals surface area (Å²) in [5.41, 5.74) is 0. The van der Waals surface area contributed by atoms with Crippen LogP contribution in [0.25, 0.3) is 0 Å². The first kappa shape index (κ1) is 11.4. The molecular weight excluding hydrogens is 174 g/mol. The maximum Gasteiger partial charge on any atom is 0.168 e. The van der Waals surface area contributed by atoms with E-state index in [0.717, 1.165) is 19.6 Å². The molecule has 12 heavy (non-hydrogen) atoms. The first-order valence-corrected chi connectivity index (χ1v) is 3.86. The quantitative estimate of drug-likeness (QED) is 0.393. The van der Waals surface area contributed by atoms with E-state index in [-0.39, 0.29) is 12.4 Å². The molecule has 3 heteroatoms. The lowest BCUT2D eigenvalue weighted by Crippen LogP contribution is -3.00. The molecule has 1 aromatic heterocycles. The summed E-state index contributed by atoms with van der Waals surface area (Å²) in [4.78, 5) is 0. The van der Waals surface area contributed by atoms with Crippen molar-refractivity contribution in [1.82, 2.24) is 0 Å². The van der Waals surface area contributed by atoms with Gasteiger partial charge in [0.15, 0.2) is 18.9 Å². The van der Waals surface area contributed by atoms with Crippen LogP contribution in [0.5, 0.6) is 0 Å². The van der Waals surface area contributed by atoms with E-state index in [1.165, 1.54) is 0 Å². The number of hydrogen-bond acceptors (Lipinski definition) is 1. The van der Waals surface area contributed by atoms with Crippen LogP contribution < -0.4 is 17.0 Å². The van der Waals surface area contributed by atoms with Crippen molar-refractivity contribution in [3.63, 3.8) is 0 Å². The molecule has 0 aromatic carbocycles. The van der Waals surface area contributed by atoms with Gasteiger partial charge in [-0.3, -0.25) is 0 Å². The number of pyridine rings is 1. The molecule has 68 valence electrons. The van der Waals surface area contributed by atoms with E-state index in [1.54, 1.807) is 7.11 Å². The summed E-state index contributed by atoms with van der Waals surface area (Å²) in [5.74, 6) is 0. The van der Waals surface area contributed by atoms with Crippen LogP contribution in [0, 0.1) is 0 Å². The van der Waals surface area contributed by atoms with Crippen LogP contribution in [0.2, 0.25) is 0 Å². The van der Waals surface area contributed by atoms with Crippen molar-refractivity contribution in [2.75, 3.05) is 13.7 Å². The van der Waals surface area contributed by atoms with Gasteiger partial charge in [-0.1, -0.05) is 6.07 Å². The van der Waals surface area contributed by atoms with Crippen LogP contribution in [0.4, 0.5) is 0 Å². The summed E-state index contributed by atoms with van der Waals surface area (Å²) in [6.07, 6.45) is 5.20. The molecule has 0 saturated carbocycles. The van der Waals surface area contributed by atoms with Crippen LogP contribution >= 0.6 is 0 Å². The number of hydrogen-bond donors (Lipinski definition) is 0. The topological polar surface area (TPSA) is 13.1 Å². The fourth-order valence-electron chi connectivity index (χ4n) is 0.975. The summed E-state index contributed by atoms with van der Waals surface area (Å²) in [5, 5.41) is 0. The first-order valence-electron chi connectivity index (χ1n) is 3.86. The highest BCUT2D eigenvalue weighted by Gasteiger charge is 1.95. The lowest BCUT2D eigenvalue weighted by molar-refractivity contribution is -0.697. The molecule has 0 saturated heterocycles. The number of rotatable bonds is 4. The van der Waals surface area contributed by atoms with E-state index < -0.39 is 0 Å². The van der Waals surface area contributed by atoms with E-state index >= 15 is 0 Å². The van der Waals surface area contributed by atoms with Gasteiger partial charge in [0.1, 0.15) is 0 Å². The lowest BCUT2D eigenvalue weighted by atomic mass is 10.4. The number of ether oxygens (including phenoxy) is 1. The zero-order valence-corrected chi connectivity index (χ0v) is 8.00. The number of nitrogens with zero attached hydrogens (tertiary/aromatic N) is 1. The van der Waals surface area contributed by atoms with Crippen molar-refractivity contribution < 1.29 is 21.7 Å². The fourth-order valence-corrected chi connectivity index (χ4v) is 0.975. The molecule has 1 heterocycles. The van der Waals surface area contributed by atoms with Gasteiger partial charge in [-0.05, 0) is 0 Å². The Hall–Kier alpha value is -0.600. The number of methoxy groups -OCH3 is 1. The average molecular weight is 188 g/mol. The maximum absolute atomic E-state index is 4.95. The summed E-state index contributed by atoms with van der Waals surface area (Å²) >= 11 is 0. The Labute approximate surface area is 79.6 Å². The highest BCUT2D eigenvalue weighted by Crippen LogP contribution is 1.81. The van der Waals surface area contributed by atoms with Gasteiger partial charge in [-0.15, -0.1) is 0 Å². The minimum Gasteiger partial charge on any atom is -1.00 e. The molecule has 0 aliphatic rings. The van der Waals surface area contributed by atoms with Crippen molar-refractivity contribution in [2.45, 2.75) is 13.0 Å². The Kier molecular flexibility index (Phi) is 6.72. The van der Waals surface area contributed by atoms with Crippen LogP contribution in [0.3, 0.4) is 0 Å². The summed E-state index contributed by atoms with van der Waals surface area (Å²) in [7, 11) is 1.73. The second-order valence-electron chi connectivity index (χ2n) is 2.46. The molecule has 0 unspecified atom stereocenters. The third kappa shape index (κ3) is 4.31. The number of aromatic nitrogens is 1. The van der Waals surface area contributed by atoms with Crippen LogP contribution in [-0.2, 0) is 11.3 Å². The van der Waals surface area contributed by atoms with Crippen LogP contribution in [0.15, 0.2) is 30.6 Å². The number of aryl methyl sites for hydroxylation is 1. The second kappa shape index (κ2) is 7.07. The maximum atomic E-state index is 4.95. The van der Waals surface area contributed by atoms with Crippen molar-refractivity contribution in [3.8, 4) is 0 Å². The largest absolute Gasteiger partial charge is 1.00 e. The average Bonchev–Trinajstić information content (AvgIpc) is 2.07. The van der Waals surface area contributed by atoms with Crippen molar-refractivity contribution in [2.24, 2.45) is 0 Å². The summed E-state index contributed by atoms with van der Waals surface area (Å²) in [6.45, 7) is 1.87. The third-order valence-electron chi connectivity index (χ3n) is 1.54. The molecule has 0 radical (unpaired) electrons. The molecule has 0 fully saturated rings. The van der Waals surface area contributed by atoms with Gasteiger partial charge in [0, 0.05) is 25.7 Å². The Morgan fingerprint density at radius 2 is 1.83 bits per heavy atom. The zero-order chi connectivity index (χ0) is 7.94. The van der Waals surface area contributed by atoms with Gasteiger partial charge in [-0.25, -0.2) is 4.57 Å². The molecule has 2 nitrogen and oxygen atoms in total. The molecule has 0 amide bonds. The Bertz CT molecular complexity index is 191. The lowest BCUT2D eigenvalue weighted by Gasteiger charge is -1.94. The first-order chi connectivity index (χ1) is 5.43. The Balaban J connectivity index is 0.00000121. The zero-order valence-electron chi connectivity index (χ0n) is 7.24. The molecule has 0 aliphatic carbocycles. The molecule has 0 bridgehead atoms. The van der Waals surface area contributed by atoms with Gasteiger partial charge < -0.3 is 17.1 Å². The Morgan fingerprint density at radius 3 is 2.42 bits per heavy atom. The molecule has 1 aromatic rings. The van der Waals surface area contributed by atoms with Gasteiger partial charge >= 0.3 is 0 Å². The number of halogens is 1. The molecule has 0 aliphatic heterocycles. The molecule has 0 atom stereocenters. The standard InChI is InChI=1S/C9H14NO.ClH/c1-11-9-5-8-10-6-3-2-4-7-10;/h2-4,6-7H,5,8-9H2,1H3;1H/q+1;/p-1. The molecular formula is C9H14ClNO. The molecule has 0 spiro atoms. The van der Waals surface area contributed by atoms with Gasteiger partial charge in [-0.2, -0.15) is 0 Å². The highest BCUT2D eigenvalue weighted by atomic mass is 35.5. The van der Waals surface area contributed by atoms with Gasteiger partial charge in [0.2, 0.25) is 0 Å². The van der Waals surface area contributed by atoms with Gasteiger partial charge in [0.25, 0.3) is 0 Å². The molecule has 1 rings (SSSR count). The summed E-state index contributed by atoms with van der Waals surface area (Å²) < 4.78 is 7.10. The SMILES string of the molecule is COCCC[n+]1ccccc1.[Cl-]. The summed E-state index contributed by atoms with van der Waals surface area (Å²) in [6, 6.07) is 6.09. The fraction of sp³-hybridized carbons (Fsp3) is 0.444. The minimum atomic E-state index is 0. The van der Waals surface area contributed by atoms with Crippen molar-refractivity contribution in [3.05, 3.63) is 30.6 Å².